The molecule has 23 heavy (non-hydrogen) atoms. The first-order chi connectivity index (χ1) is 11.2. The third-order valence-corrected chi connectivity index (χ3v) is 4.02. The molecule has 0 spiro atoms. The average molecular weight is 337 g/mol. The molecule has 2 aromatic rings. The van der Waals surface area contributed by atoms with Crippen LogP contribution in [0, 0.1) is 5.92 Å². The maximum absolute atomic E-state index is 12.4. The molecule has 1 heterocycles. The number of aliphatic hydroxyl groups excluding tert-OH is 1. The fourth-order valence-electron chi connectivity index (χ4n) is 2.50. The number of hydrogen-bond acceptors (Lipinski definition) is 4. The van der Waals surface area contributed by atoms with E-state index in [-0.39, 0.29) is 24.1 Å². The van der Waals surface area contributed by atoms with E-state index in [1.54, 1.807) is 12.1 Å². The molecular formula is C17H21ClN2O3. The second kappa shape index (κ2) is 8.70. The van der Waals surface area contributed by atoms with Gasteiger partial charge in [0.05, 0.1) is 5.02 Å². The van der Waals surface area contributed by atoms with Crippen LogP contribution in [0.4, 0.5) is 0 Å². The lowest BCUT2D eigenvalue weighted by Crippen LogP contribution is -2.30. The van der Waals surface area contributed by atoms with Crippen molar-refractivity contribution in [1.29, 1.82) is 0 Å². The van der Waals surface area contributed by atoms with E-state index in [1.165, 1.54) is 6.39 Å². The first kappa shape index (κ1) is 17.5. The predicted molar refractivity (Wildman–Crippen MR) is 89.4 cm³/mol. The van der Waals surface area contributed by atoms with Gasteiger partial charge in [-0.1, -0.05) is 37.1 Å². The summed E-state index contributed by atoms with van der Waals surface area (Å²) in [5, 5.41) is 12.5. The number of oxazole rings is 1. The molecule has 5 nitrogen and oxygen atoms in total. The monoisotopic (exact) mass is 336 g/mol. The molecule has 0 fully saturated rings. The Hall–Kier alpha value is -1.85. The van der Waals surface area contributed by atoms with Crippen molar-refractivity contribution in [3.05, 3.63) is 41.4 Å². The number of aromatic nitrogens is 1. The Labute approximate surface area is 140 Å². The van der Waals surface area contributed by atoms with Crippen molar-refractivity contribution in [3.63, 3.8) is 0 Å². The normalized spacial score (nSPS) is 12.1. The van der Waals surface area contributed by atoms with Crippen molar-refractivity contribution in [2.45, 2.75) is 26.2 Å². The van der Waals surface area contributed by atoms with E-state index in [9.17, 15) is 4.79 Å². The summed E-state index contributed by atoms with van der Waals surface area (Å²) < 4.78 is 5.36. The summed E-state index contributed by atoms with van der Waals surface area (Å²) in [6.07, 6.45) is 3.88. The van der Waals surface area contributed by atoms with E-state index in [0.717, 1.165) is 12.8 Å². The number of rotatable bonds is 8. The Morgan fingerprint density at radius 3 is 2.87 bits per heavy atom. The van der Waals surface area contributed by atoms with Crippen LogP contribution in [0.25, 0.3) is 11.3 Å². The van der Waals surface area contributed by atoms with Crippen LogP contribution in [-0.4, -0.2) is 29.1 Å². The second-order valence-corrected chi connectivity index (χ2v) is 5.79. The van der Waals surface area contributed by atoms with Crippen molar-refractivity contribution in [3.8, 4) is 11.3 Å². The third kappa shape index (κ3) is 4.56. The van der Waals surface area contributed by atoms with Crippen molar-refractivity contribution in [1.82, 2.24) is 10.3 Å². The lowest BCUT2D eigenvalue weighted by Gasteiger charge is -2.15. The molecule has 6 heteroatoms. The maximum atomic E-state index is 12.4. The van der Waals surface area contributed by atoms with Gasteiger partial charge in [0.2, 0.25) is 0 Å². The van der Waals surface area contributed by atoms with Crippen LogP contribution in [0.1, 0.15) is 36.7 Å². The number of halogens is 1. The Balaban J connectivity index is 2.09. The maximum Gasteiger partial charge on any atom is 0.273 e. The number of nitrogens with one attached hydrogen (secondary N) is 1. The summed E-state index contributed by atoms with van der Waals surface area (Å²) in [5.74, 6) is 0.319. The molecule has 1 amide bonds. The number of nitrogens with zero attached hydrogens (tertiary/aromatic N) is 1. The van der Waals surface area contributed by atoms with Crippen molar-refractivity contribution < 1.29 is 14.3 Å². The Morgan fingerprint density at radius 2 is 2.17 bits per heavy atom. The van der Waals surface area contributed by atoms with E-state index >= 15 is 0 Å². The van der Waals surface area contributed by atoms with Crippen LogP contribution in [0.5, 0.6) is 0 Å². The third-order valence-electron chi connectivity index (χ3n) is 3.69. The Bertz CT molecular complexity index is 636. The standard InChI is InChI=1S/C17H21ClN2O3/c1-2-5-12(8-9-21)10-19-17(22)15-16(23-11-20-15)13-6-3-4-7-14(13)18/h3-4,6-7,11-12,21H,2,5,8-10H2,1H3,(H,19,22). The summed E-state index contributed by atoms with van der Waals surface area (Å²) in [6.45, 7) is 2.71. The zero-order chi connectivity index (χ0) is 16.7. The molecule has 0 aliphatic rings. The highest BCUT2D eigenvalue weighted by Crippen LogP contribution is 2.29. The number of benzene rings is 1. The molecule has 0 aliphatic carbocycles. The van der Waals surface area contributed by atoms with Gasteiger partial charge in [-0.05, 0) is 30.9 Å². The van der Waals surface area contributed by atoms with Crippen LogP contribution < -0.4 is 5.32 Å². The summed E-state index contributed by atoms with van der Waals surface area (Å²) in [7, 11) is 0. The average Bonchev–Trinajstić information content (AvgIpc) is 3.02. The topological polar surface area (TPSA) is 75.4 Å². The van der Waals surface area contributed by atoms with E-state index < -0.39 is 0 Å². The fourth-order valence-corrected chi connectivity index (χ4v) is 2.73. The minimum atomic E-state index is -0.298. The second-order valence-electron chi connectivity index (χ2n) is 5.39. The lowest BCUT2D eigenvalue weighted by atomic mass is 10.00. The molecule has 1 atom stereocenters. The van der Waals surface area contributed by atoms with Gasteiger partial charge < -0.3 is 14.8 Å². The minimum absolute atomic E-state index is 0.120. The SMILES string of the molecule is CCCC(CCO)CNC(=O)c1ncoc1-c1ccccc1Cl. The first-order valence-electron chi connectivity index (χ1n) is 7.74. The Kier molecular flexibility index (Phi) is 6.62. The molecule has 1 unspecified atom stereocenters. The molecule has 2 N–H and O–H groups in total. The molecule has 1 aromatic carbocycles. The molecule has 2 rings (SSSR count). The summed E-state index contributed by atoms with van der Waals surface area (Å²) in [5.41, 5.74) is 0.856. The quantitative estimate of drug-likeness (QED) is 0.773. The van der Waals surface area contributed by atoms with Crippen LogP contribution >= 0.6 is 11.6 Å². The van der Waals surface area contributed by atoms with E-state index in [1.807, 2.05) is 12.1 Å². The molecule has 0 saturated heterocycles. The highest BCUT2D eigenvalue weighted by atomic mass is 35.5. The molecule has 1 aromatic heterocycles. The highest BCUT2D eigenvalue weighted by molar-refractivity contribution is 6.33. The van der Waals surface area contributed by atoms with Crippen molar-refractivity contribution in [2.75, 3.05) is 13.2 Å². The Morgan fingerprint density at radius 1 is 1.39 bits per heavy atom. The van der Waals surface area contributed by atoms with E-state index in [0.29, 0.717) is 29.3 Å². The predicted octanol–water partition coefficient (Wildman–Crippen LogP) is 3.52. The van der Waals surface area contributed by atoms with Crippen LogP contribution in [0.3, 0.4) is 0 Å². The number of amides is 1. The van der Waals surface area contributed by atoms with Gasteiger partial charge in [-0.3, -0.25) is 4.79 Å². The van der Waals surface area contributed by atoms with Crippen molar-refractivity contribution >= 4 is 17.5 Å². The van der Waals surface area contributed by atoms with Gasteiger partial charge in [0.25, 0.3) is 5.91 Å². The molecular weight excluding hydrogens is 316 g/mol. The molecule has 0 saturated carbocycles. The lowest BCUT2D eigenvalue weighted by molar-refractivity contribution is 0.0938. The molecule has 0 aliphatic heterocycles. The summed E-state index contributed by atoms with van der Waals surface area (Å²) in [6, 6.07) is 7.15. The van der Waals surface area contributed by atoms with Crippen LogP contribution in [0.15, 0.2) is 35.1 Å². The van der Waals surface area contributed by atoms with Gasteiger partial charge in [-0.2, -0.15) is 0 Å². The fraction of sp³-hybridized carbons (Fsp3) is 0.412. The van der Waals surface area contributed by atoms with Crippen molar-refractivity contribution in [2.24, 2.45) is 5.92 Å². The zero-order valence-electron chi connectivity index (χ0n) is 13.1. The smallest absolute Gasteiger partial charge is 0.273 e. The minimum Gasteiger partial charge on any atom is -0.443 e. The molecule has 124 valence electrons. The van der Waals surface area contributed by atoms with Gasteiger partial charge in [-0.25, -0.2) is 4.98 Å². The first-order valence-corrected chi connectivity index (χ1v) is 8.12. The van der Waals surface area contributed by atoms with Gasteiger partial charge in [0.15, 0.2) is 17.8 Å². The van der Waals surface area contributed by atoms with E-state index in [2.05, 4.69) is 17.2 Å². The largest absolute Gasteiger partial charge is 0.443 e. The number of carbonyl (C=O) groups is 1. The summed E-state index contributed by atoms with van der Waals surface area (Å²) >= 11 is 6.16. The molecule has 0 radical (unpaired) electrons. The molecule has 0 bridgehead atoms. The van der Waals surface area contributed by atoms with Crippen LogP contribution in [-0.2, 0) is 0 Å². The number of hydrogen-bond donors (Lipinski definition) is 2. The number of aliphatic hydroxyl groups is 1. The summed E-state index contributed by atoms with van der Waals surface area (Å²) in [4.78, 5) is 16.4. The van der Waals surface area contributed by atoms with Gasteiger partial charge in [-0.15, -0.1) is 0 Å². The van der Waals surface area contributed by atoms with Gasteiger partial charge >= 0.3 is 0 Å². The van der Waals surface area contributed by atoms with Gasteiger partial charge in [0.1, 0.15) is 0 Å². The zero-order valence-corrected chi connectivity index (χ0v) is 13.8. The van der Waals surface area contributed by atoms with Gasteiger partial charge in [0, 0.05) is 18.7 Å². The van der Waals surface area contributed by atoms with E-state index in [4.69, 9.17) is 21.1 Å². The van der Waals surface area contributed by atoms with Crippen LogP contribution in [0.2, 0.25) is 5.02 Å². The number of carbonyl (C=O) groups excluding carboxylic acids is 1. The highest BCUT2D eigenvalue weighted by Gasteiger charge is 2.20.